The summed E-state index contributed by atoms with van der Waals surface area (Å²) in [6, 6.07) is 0. The Balaban J connectivity index is 0. The Bertz CT molecular complexity index is 686. The fourth-order valence-corrected chi connectivity index (χ4v) is 5.92. The van der Waals surface area contributed by atoms with E-state index in [4.69, 9.17) is 15.9 Å². The standard InChI is InChI=1S/C20H43NO3Si.C14H29NO3/c1-7-8-9-11-14-17(22)15-12-10-13-16-18(19(21)23)24-25(5,6)20(2,3)4;1-2-3-4-6-9-12(16)10-7-5-8-11-13(17)14(15)18/h17-18,22H,7-16H2,1-6H3,(H2,21,23);12-13,16-17H,2-11H2,1H3,(H2,15,18)/t17-,18-;12-,13-/m11/s1. The fraction of sp³-hybridized carbons (Fsp3) is 0.941. The zero-order chi connectivity index (χ0) is 33.3. The normalized spacial score (nSPS) is 14.8. The number of hydrogen-bond donors (Lipinski definition) is 5. The lowest BCUT2D eigenvalue weighted by atomic mass is 10.0. The average molecular weight is 633 g/mol. The molecule has 8 nitrogen and oxygen atoms in total. The second-order valence-corrected chi connectivity index (χ2v) is 18.7. The Morgan fingerprint density at radius 1 is 0.605 bits per heavy atom. The van der Waals surface area contributed by atoms with Gasteiger partial charge in [0.15, 0.2) is 8.32 Å². The van der Waals surface area contributed by atoms with Gasteiger partial charge in [0.1, 0.15) is 12.2 Å². The number of carbonyl (C=O) groups is 2. The number of rotatable bonds is 26. The van der Waals surface area contributed by atoms with Crippen molar-refractivity contribution in [2.75, 3.05) is 0 Å². The number of aliphatic hydroxyl groups excluding tert-OH is 3. The lowest BCUT2D eigenvalue weighted by Crippen LogP contribution is -2.47. The van der Waals surface area contributed by atoms with Crippen LogP contribution in [0.4, 0.5) is 0 Å². The van der Waals surface area contributed by atoms with Gasteiger partial charge in [0.2, 0.25) is 11.8 Å². The summed E-state index contributed by atoms with van der Waals surface area (Å²) in [6.45, 7) is 15.2. The first-order valence-corrected chi connectivity index (χ1v) is 20.3. The molecule has 0 fully saturated rings. The van der Waals surface area contributed by atoms with Crippen molar-refractivity contribution >= 4 is 20.1 Å². The summed E-state index contributed by atoms with van der Waals surface area (Å²) < 4.78 is 6.18. The average Bonchev–Trinajstić information content (AvgIpc) is 2.91. The lowest BCUT2D eigenvalue weighted by molar-refractivity contribution is -0.126. The van der Waals surface area contributed by atoms with Crippen LogP contribution < -0.4 is 11.5 Å². The topological polar surface area (TPSA) is 156 Å². The molecule has 0 heterocycles. The van der Waals surface area contributed by atoms with Crippen LogP contribution >= 0.6 is 0 Å². The maximum atomic E-state index is 11.7. The van der Waals surface area contributed by atoms with E-state index < -0.39 is 26.4 Å². The van der Waals surface area contributed by atoms with E-state index in [1.807, 2.05) is 0 Å². The Morgan fingerprint density at radius 2 is 0.953 bits per heavy atom. The quantitative estimate of drug-likeness (QED) is 0.0499. The van der Waals surface area contributed by atoms with Gasteiger partial charge in [-0.2, -0.15) is 0 Å². The van der Waals surface area contributed by atoms with Crippen LogP contribution in [-0.2, 0) is 14.0 Å². The van der Waals surface area contributed by atoms with Crippen molar-refractivity contribution in [1.29, 1.82) is 0 Å². The molecule has 0 rings (SSSR count). The summed E-state index contributed by atoms with van der Waals surface area (Å²) in [7, 11) is -1.98. The first-order valence-electron chi connectivity index (χ1n) is 17.4. The third kappa shape index (κ3) is 26.0. The molecule has 4 atom stereocenters. The van der Waals surface area contributed by atoms with Crippen molar-refractivity contribution in [2.45, 2.75) is 206 Å². The molecule has 43 heavy (non-hydrogen) atoms. The van der Waals surface area contributed by atoms with Crippen molar-refractivity contribution in [1.82, 2.24) is 0 Å². The largest absolute Gasteiger partial charge is 0.405 e. The molecule has 0 aliphatic carbocycles. The van der Waals surface area contributed by atoms with Crippen LogP contribution in [0.5, 0.6) is 0 Å². The summed E-state index contributed by atoms with van der Waals surface area (Å²) in [5, 5.41) is 29.0. The zero-order valence-electron chi connectivity index (χ0n) is 29.2. The molecule has 0 spiro atoms. The molecule has 7 N–H and O–H groups in total. The molecular formula is C34H72N2O6Si. The summed E-state index contributed by atoms with van der Waals surface area (Å²) in [5.41, 5.74) is 10.5. The molecule has 258 valence electrons. The van der Waals surface area contributed by atoms with Crippen LogP contribution in [0.3, 0.4) is 0 Å². The minimum Gasteiger partial charge on any atom is -0.405 e. The highest BCUT2D eigenvalue weighted by atomic mass is 28.4. The smallest absolute Gasteiger partial charge is 0.246 e. The zero-order valence-corrected chi connectivity index (χ0v) is 30.2. The first kappa shape index (κ1) is 44.1. The fourth-order valence-electron chi connectivity index (χ4n) is 4.62. The van der Waals surface area contributed by atoms with Gasteiger partial charge in [0.05, 0.1) is 12.2 Å². The van der Waals surface area contributed by atoms with E-state index in [2.05, 4.69) is 47.7 Å². The van der Waals surface area contributed by atoms with Gasteiger partial charge >= 0.3 is 0 Å². The summed E-state index contributed by atoms with van der Waals surface area (Å²) in [5.74, 6) is -0.994. The van der Waals surface area contributed by atoms with Crippen LogP contribution in [0, 0.1) is 0 Å². The van der Waals surface area contributed by atoms with Crippen molar-refractivity contribution in [3.8, 4) is 0 Å². The molecule has 0 saturated heterocycles. The van der Waals surface area contributed by atoms with Gasteiger partial charge in [-0.05, 0) is 56.7 Å². The third-order valence-electron chi connectivity index (χ3n) is 8.69. The predicted molar refractivity (Wildman–Crippen MR) is 182 cm³/mol. The second-order valence-electron chi connectivity index (χ2n) is 14.0. The van der Waals surface area contributed by atoms with Gasteiger partial charge in [-0.3, -0.25) is 9.59 Å². The SMILES string of the molecule is CCCCCC[C@@H](O)CCCCC[C@@H](O)C(N)=O.CCCCCC[C@@H](O)CCCCC[C@@H](O[Si](C)(C)C(C)(C)C)C(N)=O. The van der Waals surface area contributed by atoms with Gasteiger partial charge in [-0.1, -0.05) is 125 Å². The third-order valence-corrected chi connectivity index (χ3v) is 13.2. The number of primary amides is 2. The number of hydrogen-bond acceptors (Lipinski definition) is 6. The number of amides is 2. The highest BCUT2D eigenvalue weighted by molar-refractivity contribution is 6.74. The molecular weight excluding hydrogens is 560 g/mol. The van der Waals surface area contributed by atoms with Gasteiger partial charge in [0.25, 0.3) is 0 Å². The van der Waals surface area contributed by atoms with E-state index in [1.54, 1.807) is 0 Å². The van der Waals surface area contributed by atoms with Gasteiger partial charge < -0.3 is 31.2 Å². The van der Waals surface area contributed by atoms with Gasteiger partial charge in [-0.15, -0.1) is 0 Å². The highest BCUT2D eigenvalue weighted by Crippen LogP contribution is 2.37. The molecule has 0 aliphatic rings. The van der Waals surface area contributed by atoms with Crippen LogP contribution in [-0.4, -0.2) is 59.9 Å². The molecule has 0 aromatic heterocycles. The van der Waals surface area contributed by atoms with E-state index in [0.717, 1.165) is 77.0 Å². The van der Waals surface area contributed by atoms with Crippen molar-refractivity contribution in [2.24, 2.45) is 11.5 Å². The van der Waals surface area contributed by atoms with E-state index >= 15 is 0 Å². The van der Waals surface area contributed by atoms with Crippen molar-refractivity contribution < 1.29 is 29.3 Å². The lowest BCUT2D eigenvalue weighted by Gasteiger charge is -2.38. The Morgan fingerprint density at radius 3 is 1.28 bits per heavy atom. The summed E-state index contributed by atoms with van der Waals surface area (Å²) in [4.78, 5) is 22.3. The summed E-state index contributed by atoms with van der Waals surface area (Å²) in [6.07, 6.45) is 18.0. The highest BCUT2D eigenvalue weighted by Gasteiger charge is 2.40. The molecule has 0 bridgehead atoms. The molecule has 0 aromatic carbocycles. The van der Waals surface area contributed by atoms with Crippen molar-refractivity contribution in [3.05, 3.63) is 0 Å². The molecule has 0 aliphatic heterocycles. The van der Waals surface area contributed by atoms with Gasteiger partial charge in [0, 0.05) is 0 Å². The van der Waals surface area contributed by atoms with E-state index in [0.29, 0.717) is 12.8 Å². The molecule has 0 radical (unpaired) electrons. The Kier molecular flexibility index (Phi) is 26.9. The number of nitrogens with two attached hydrogens (primary N) is 2. The van der Waals surface area contributed by atoms with Crippen molar-refractivity contribution in [3.63, 3.8) is 0 Å². The van der Waals surface area contributed by atoms with Crippen LogP contribution in [0.25, 0.3) is 0 Å². The number of aliphatic hydroxyl groups is 3. The van der Waals surface area contributed by atoms with Crippen LogP contribution in [0.15, 0.2) is 0 Å². The minimum atomic E-state index is -1.98. The Hall–Kier alpha value is -1.00. The summed E-state index contributed by atoms with van der Waals surface area (Å²) >= 11 is 0. The molecule has 0 aromatic rings. The minimum absolute atomic E-state index is 0.0720. The van der Waals surface area contributed by atoms with Crippen LogP contribution in [0.2, 0.25) is 18.1 Å². The molecule has 0 unspecified atom stereocenters. The van der Waals surface area contributed by atoms with E-state index in [1.165, 1.54) is 38.5 Å². The van der Waals surface area contributed by atoms with Gasteiger partial charge in [-0.25, -0.2) is 0 Å². The molecule has 9 heteroatoms. The first-order chi connectivity index (χ1) is 20.1. The number of carbonyl (C=O) groups excluding carboxylic acids is 2. The Labute approximate surface area is 266 Å². The second kappa shape index (κ2) is 26.2. The van der Waals surface area contributed by atoms with Crippen LogP contribution in [0.1, 0.15) is 163 Å². The maximum Gasteiger partial charge on any atom is 0.246 e. The van der Waals surface area contributed by atoms with E-state index in [-0.39, 0.29) is 23.2 Å². The number of unbranched alkanes of at least 4 members (excludes halogenated alkanes) is 10. The molecule has 2 amide bonds. The maximum absolute atomic E-state index is 11.7. The molecule has 0 saturated carbocycles. The van der Waals surface area contributed by atoms with E-state index in [9.17, 15) is 24.9 Å². The predicted octanol–water partition coefficient (Wildman–Crippen LogP) is 7.26. The monoisotopic (exact) mass is 633 g/mol.